The van der Waals surface area contributed by atoms with E-state index < -0.39 is 0 Å². The minimum Gasteiger partial charge on any atom is -0.379 e. The van der Waals surface area contributed by atoms with Crippen LogP contribution in [0.4, 0.5) is 0 Å². The first kappa shape index (κ1) is 21.5. The second-order valence-electron chi connectivity index (χ2n) is 8.51. The number of rotatable bonds is 9. The monoisotopic (exact) mass is 408 g/mol. The molecule has 2 saturated heterocycles. The molecule has 2 aromatic rings. The molecule has 2 aliphatic heterocycles. The summed E-state index contributed by atoms with van der Waals surface area (Å²) in [5.41, 5.74) is 5.50. The van der Waals surface area contributed by atoms with Crippen molar-refractivity contribution >= 4 is 0 Å². The molecule has 0 unspecified atom stereocenters. The van der Waals surface area contributed by atoms with E-state index in [-0.39, 0.29) is 0 Å². The minimum atomic E-state index is 0.890. The van der Waals surface area contributed by atoms with Gasteiger partial charge in [0.2, 0.25) is 0 Å². The van der Waals surface area contributed by atoms with Gasteiger partial charge in [0, 0.05) is 26.2 Å². The van der Waals surface area contributed by atoms with Gasteiger partial charge >= 0.3 is 0 Å². The molecule has 0 spiro atoms. The maximum Gasteiger partial charge on any atom is 0.0594 e. The summed E-state index contributed by atoms with van der Waals surface area (Å²) in [5.74, 6) is 0. The third-order valence-electron chi connectivity index (χ3n) is 6.33. The fraction of sp³-hybridized carbons (Fsp3) is 0.538. The second kappa shape index (κ2) is 11.6. The standard InChI is InChI=1S/C26H36N2O2/c1(13-27-15-19-29-20-16-27)3-23-5-9-25(10-6-23)26-11-7-24(8-12-26)4-2-14-28-17-21-30-22-18-28/h5-12H,1-4,13-22H2. The van der Waals surface area contributed by atoms with Gasteiger partial charge in [-0.05, 0) is 61.0 Å². The van der Waals surface area contributed by atoms with Crippen LogP contribution in [-0.4, -0.2) is 75.5 Å². The Hall–Kier alpha value is -1.72. The lowest BCUT2D eigenvalue weighted by molar-refractivity contribution is 0.0374. The van der Waals surface area contributed by atoms with Crippen LogP contribution in [0.1, 0.15) is 24.0 Å². The molecule has 30 heavy (non-hydrogen) atoms. The summed E-state index contributed by atoms with van der Waals surface area (Å²) in [5, 5.41) is 0. The first-order chi connectivity index (χ1) is 14.9. The van der Waals surface area contributed by atoms with Crippen LogP contribution in [0.5, 0.6) is 0 Å². The highest BCUT2D eigenvalue weighted by Crippen LogP contribution is 2.21. The van der Waals surface area contributed by atoms with Crippen LogP contribution in [0.3, 0.4) is 0 Å². The summed E-state index contributed by atoms with van der Waals surface area (Å²) in [6, 6.07) is 18.3. The van der Waals surface area contributed by atoms with E-state index in [4.69, 9.17) is 9.47 Å². The zero-order valence-electron chi connectivity index (χ0n) is 18.2. The lowest BCUT2D eigenvalue weighted by Gasteiger charge is -2.26. The highest BCUT2D eigenvalue weighted by atomic mass is 16.5. The van der Waals surface area contributed by atoms with Crippen molar-refractivity contribution in [3.05, 3.63) is 59.7 Å². The topological polar surface area (TPSA) is 24.9 Å². The Balaban J connectivity index is 1.20. The number of morpholine rings is 2. The molecule has 2 aromatic carbocycles. The Kier molecular flexibility index (Phi) is 8.33. The molecule has 2 heterocycles. The summed E-state index contributed by atoms with van der Waals surface area (Å²) in [7, 11) is 0. The van der Waals surface area contributed by atoms with Crippen LogP contribution in [-0.2, 0) is 22.3 Å². The first-order valence-corrected chi connectivity index (χ1v) is 11.7. The second-order valence-corrected chi connectivity index (χ2v) is 8.51. The first-order valence-electron chi connectivity index (χ1n) is 11.7. The van der Waals surface area contributed by atoms with Crippen molar-refractivity contribution in [1.29, 1.82) is 0 Å². The molecule has 0 N–H and O–H groups in total. The van der Waals surface area contributed by atoms with Gasteiger partial charge in [-0.3, -0.25) is 9.80 Å². The number of hydrogen-bond acceptors (Lipinski definition) is 4. The number of hydrogen-bond donors (Lipinski definition) is 0. The van der Waals surface area contributed by atoms with Gasteiger partial charge in [-0.25, -0.2) is 0 Å². The molecule has 0 saturated carbocycles. The Morgan fingerprint density at radius 1 is 0.533 bits per heavy atom. The SMILES string of the molecule is c1cc(-c2ccc(CCCN3CCOCC3)cc2)ccc1CCCN1CCOCC1. The maximum atomic E-state index is 5.42. The molecule has 2 aliphatic rings. The summed E-state index contributed by atoms with van der Waals surface area (Å²) < 4.78 is 10.8. The number of nitrogens with zero attached hydrogens (tertiary/aromatic N) is 2. The molecule has 4 nitrogen and oxygen atoms in total. The highest BCUT2D eigenvalue weighted by molar-refractivity contribution is 5.63. The lowest BCUT2D eigenvalue weighted by Crippen LogP contribution is -2.36. The van der Waals surface area contributed by atoms with Crippen molar-refractivity contribution in [3.8, 4) is 11.1 Å². The van der Waals surface area contributed by atoms with Gasteiger partial charge in [-0.15, -0.1) is 0 Å². The Bertz CT molecular complexity index is 667. The van der Waals surface area contributed by atoms with Gasteiger partial charge in [0.25, 0.3) is 0 Å². The van der Waals surface area contributed by atoms with Crippen molar-refractivity contribution < 1.29 is 9.47 Å². The van der Waals surface area contributed by atoms with Crippen molar-refractivity contribution in [2.45, 2.75) is 25.7 Å². The molecular formula is C26H36N2O2. The van der Waals surface area contributed by atoms with Gasteiger partial charge in [0.05, 0.1) is 26.4 Å². The molecule has 162 valence electrons. The predicted octanol–water partition coefficient (Wildman–Crippen LogP) is 3.88. The van der Waals surface area contributed by atoms with Crippen molar-refractivity contribution in [2.24, 2.45) is 0 Å². The van der Waals surface area contributed by atoms with Gasteiger partial charge in [0.1, 0.15) is 0 Å². The van der Waals surface area contributed by atoms with Crippen LogP contribution in [0, 0.1) is 0 Å². The zero-order chi connectivity index (χ0) is 20.4. The molecule has 0 radical (unpaired) electrons. The van der Waals surface area contributed by atoms with Crippen molar-refractivity contribution in [1.82, 2.24) is 9.80 Å². The average molecular weight is 409 g/mol. The van der Waals surface area contributed by atoms with Crippen LogP contribution in [0.2, 0.25) is 0 Å². The third kappa shape index (κ3) is 6.64. The summed E-state index contributed by atoms with van der Waals surface area (Å²) in [4.78, 5) is 5.03. The average Bonchev–Trinajstić information content (AvgIpc) is 2.82. The fourth-order valence-electron chi connectivity index (χ4n) is 4.39. The van der Waals surface area contributed by atoms with E-state index in [1.807, 2.05) is 0 Å². The number of ether oxygens (including phenoxy) is 2. The summed E-state index contributed by atoms with van der Waals surface area (Å²) in [6.45, 7) is 10.3. The van der Waals surface area contributed by atoms with Crippen LogP contribution in [0.25, 0.3) is 11.1 Å². The minimum absolute atomic E-state index is 0.890. The molecule has 0 atom stereocenters. The maximum absolute atomic E-state index is 5.42. The molecule has 0 bridgehead atoms. The van der Waals surface area contributed by atoms with Crippen LogP contribution in [0.15, 0.2) is 48.5 Å². The van der Waals surface area contributed by atoms with Gasteiger partial charge in [-0.1, -0.05) is 48.5 Å². The van der Waals surface area contributed by atoms with E-state index in [2.05, 4.69) is 58.3 Å². The fourth-order valence-corrected chi connectivity index (χ4v) is 4.39. The van der Waals surface area contributed by atoms with Gasteiger partial charge in [-0.2, -0.15) is 0 Å². The van der Waals surface area contributed by atoms with Gasteiger partial charge in [0.15, 0.2) is 0 Å². The quantitative estimate of drug-likeness (QED) is 0.629. The third-order valence-corrected chi connectivity index (χ3v) is 6.33. The molecule has 0 aromatic heterocycles. The molecule has 0 amide bonds. The van der Waals surface area contributed by atoms with Crippen LogP contribution >= 0.6 is 0 Å². The molecule has 4 heteroatoms. The molecule has 0 aliphatic carbocycles. The molecule has 4 rings (SSSR count). The molecule has 2 fully saturated rings. The van der Waals surface area contributed by atoms with Crippen LogP contribution < -0.4 is 0 Å². The number of benzene rings is 2. The van der Waals surface area contributed by atoms with Gasteiger partial charge < -0.3 is 9.47 Å². The van der Waals surface area contributed by atoms with E-state index in [1.54, 1.807) is 0 Å². The summed E-state index contributed by atoms with van der Waals surface area (Å²) in [6.07, 6.45) is 4.75. The Morgan fingerprint density at radius 3 is 1.27 bits per heavy atom. The van der Waals surface area contributed by atoms with E-state index in [1.165, 1.54) is 48.2 Å². The van der Waals surface area contributed by atoms with E-state index >= 15 is 0 Å². The predicted molar refractivity (Wildman–Crippen MR) is 123 cm³/mol. The normalized spacial score (nSPS) is 18.5. The Labute approximate surface area is 181 Å². The lowest BCUT2D eigenvalue weighted by atomic mass is 10.00. The number of aryl methyl sites for hydroxylation is 2. The largest absolute Gasteiger partial charge is 0.379 e. The Morgan fingerprint density at radius 2 is 0.900 bits per heavy atom. The van der Waals surface area contributed by atoms with Crippen molar-refractivity contribution in [3.63, 3.8) is 0 Å². The summed E-state index contributed by atoms with van der Waals surface area (Å²) >= 11 is 0. The van der Waals surface area contributed by atoms with Crippen molar-refractivity contribution in [2.75, 3.05) is 65.7 Å². The van der Waals surface area contributed by atoms with E-state index in [0.717, 1.165) is 65.4 Å². The van der Waals surface area contributed by atoms with E-state index in [0.29, 0.717) is 0 Å². The zero-order valence-corrected chi connectivity index (χ0v) is 18.2. The molecular weight excluding hydrogens is 372 g/mol. The van der Waals surface area contributed by atoms with E-state index in [9.17, 15) is 0 Å². The highest BCUT2D eigenvalue weighted by Gasteiger charge is 2.10. The smallest absolute Gasteiger partial charge is 0.0594 e.